The van der Waals surface area contributed by atoms with Gasteiger partial charge in [0.15, 0.2) is 0 Å². The van der Waals surface area contributed by atoms with Crippen molar-refractivity contribution in [2.45, 2.75) is 13.0 Å². The number of anilines is 2. The van der Waals surface area contributed by atoms with Crippen LogP contribution in [0.1, 0.15) is 28.9 Å². The van der Waals surface area contributed by atoms with Crippen molar-refractivity contribution in [3.63, 3.8) is 0 Å². The van der Waals surface area contributed by atoms with Gasteiger partial charge >= 0.3 is 0 Å². The number of carbonyl (C=O) groups excluding carboxylic acids is 2. The van der Waals surface area contributed by atoms with Crippen molar-refractivity contribution in [2.75, 3.05) is 36.4 Å². The molecular weight excluding hydrogens is 496 g/mol. The summed E-state index contributed by atoms with van der Waals surface area (Å²) < 4.78 is 0. The number of nitrogens with zero attached hydrogens (tertiary/aromatic N) is 2. The van der Waals surface area contributed by atoms with E-state index < -0.39 is 11.7 Å². The number of rotatable bonds is 9. The van der Waals surface area contributed by atoms with Crippen LogP contribution in [0.25, 0.3) is 10.9 Å². The minimum Gasteiger partial charge on any atom is -0.369 e. The molecule has 1 aliphatic heterocycles. The molecule has 0 spiro atoms. The maximum absolute atomic E-state index is 12.8. The van der Waals surface area contributed by atoms with E-state index in [1.807, 2.05) is 60.7 Å². The molecule has 1 aliphatic rings. The standard InChI is InChI=1S/C34H34N4O2/c1-3-5-11-25(4-2)32(26-12-7-6-8-13-26)38-22-20-37(21-23-38)28-18-16-27(17-19-28)36-34(40)33(39)30-24-35-31-15-10-9-14-29(30)31/h3-19,24,32,35H,1,20-23H2,2H3,(H,36,40)/b11-5-,25-4+. The summed E-state index contributed by atoms with van der Waals surface area (Å²) in [5.74, 6) is -1.21. The van der Waals surface area contributed by atoms with Gasteiger partial charge in [0.05, 0.1) is 11.6 Å². The predicted octanol–water partition coefficient (Wildman–Crippen LogP) is 6.54. The number of aromatic nitrogens is 1. The number of piperazine rings is 1. The zero-order chi connectivity index (χ0) is 27.9. The maximum atomic E-state index is 12.8. The lowest BCUT2D eigenvalue weighted by Gasteiger charge is -2.41. The third kappa shape index (κ3) is 5.82. The smallest absolute Gasteiger partial charge is 0.296 e. The molecule has 40 heavy (non-hydrogen) atoms. The van der Waals surface area contributed by atoms with Crippen molar-refractivity contribution >= 4 is 34.0 Å². The minimum atomic E-state index is -0.650. The molecule has 5 rings (SSSR count). The first-order chi connectivity index (χ1) is 19.6. The number of aromatic amines is 1. The first kappa shape index (κ1) is 26.9. The van der Waals surface area contributed by atoms with Crippen molar-refractivity contribution < 1.29 is 9.59 Å². The largest absolute Gasteiger partial charge is 0.369 e. The van der Waals surface area contributed by atoms with E-state index in [-0.39, 0.29) is 6.04 Å². The highest BCUT2D eigenvalue weighted by molar-refractivity contribution is 6.48. The Labute approximate surface area is 235 Å². The fraction of sp³-hybridized carbons (Fsp3) is 0.176. The molecule has 0 aliphatic carbocycles. The zero-order valence-electron chi connectivity index (χ0n) is 22.7. The second-order valence-electron chi connectivity index (χ2n) is 9.80. The Hall–Kier alpha value is -4.68. The molecule has 2 N–H and O–H groups in total. The molecule has 6 heteroatoms. The Kier molecular flexibility index (Phi) is 8.38. The number of nitrogens with one attached hydrogen (secondary N) is 2. The molecule has 1 fully saturated rings. The third-order valence-corrected chi connectivity index (χ3v) is 7.40. The Balaban J connectivity index is 1.23. The number of fused-ring (bicyclic) bond motifs is 1. The molecule has 6 nitrogen and oxygen atoms in total. The van der Waals surface area contributed by atoms with Gasteiger partial charge in [-0.2, -0.15) is 0 Å². The van der Waals surface area contributed by atoms with Gasteiger partial charge in [0.1, 0.15) is 0 Å². The molecule has 0 bridgehead atoms. The van der Waals surface area contributed by atoms with Gasteiger partial charge in [-0.25, -0.2) is 0 Å². The number of carbonyl (C=O) groups is 2. The molecule has 202 valence electrons. The zero-order valence-corrected chi connectivity index (χ0v) is 22.7. The van der Waals surface area contributed by atoms with E-state index in [1.54, 1.807) is 6.20 Å². The van der Waals surface area contributed by atoms with E-state index >= 15 is 0 Å². The maximum Gasteiger partial charge on any atom is 0.296 e. The fourth-order valence-electron chi connectivity index (χ4n) is 5.34. The Morgan fingerprint density at radius 2 is 1.62 bits per heavy atom. The highest BCUT2D eigenvalue weighted by atomic mass is 16.2. The molecule has 1 amide bonds. The number of ketones is 1. The van der Waals surface area contributed by atoms with Crippen molar-refractivity contribution in [1.29, 1.82) is 0 Å². The highest BCUT2D eigenvalue weighted by Crippen LogP contribution is 2.31. The van der Waals surface area contributed by atoms with Gasteiger partial charge in [-0.3, -0.25) is 14.5 Å². The lowest BCUT2D eigenvalue weighted by Crippen LogP contribution is -2.48. The van der Waals surface area contributed by atoms with Gasteiger partial charge < -0.3 is 15.2 Å². The van der Waals surface area contributed by atoms with Crippen LogP contribution in [0.2, 0.25) is 0 Å². The number of Topliss-reactive ketones (excluding diaryl/α,β-unsaturated/α-hetero) is 1. The molecule has 3 aromatic carbocycles. The van der Waals surface area contributed by atoms with Crippen LogP contribution in [0, 0.1) is 0 Å². The summed E-state index contributed by atoms with van der Waals surface area (Å²) in [4.78, 5) is 33.4. The van der Waals surface area contributed by atoms with Gasteiger partial charge in [-0.1, -0.05) is 79.4 Å². The van der Waals surface area contributed by atoms with Gasteiger partial charge in [0, 0.05) is 54.7 Å². The summed E-state index contributed by atoms with van der Waals surface area (Å²) in [5, 5.41) is 3.49. The number of benzene rings is 3. The molecular formula is C34H34N4O2. The number of hydrogen-bond acceptors (Lipinski definition) is 4. The lowest BCUT2D eigenvalue weighted by atomic mass is 9.95. The summed E-state index contributed by atoms with van der Waals surface area (Å²) in [6, 6.07) is 26.0. The van der Waals surface area contributed by atoms with Crippen LogP contribution < -0.4 is 10.2 Å². The Morgan fingerprint density at radius 3 is 2.33 bits per heavy atom. The van der Waals surface area contributed by atoms with Gasteiger partial charge in [-0.05, 0) is 48.4 Å². The quantitative estimate of drug-likeness (QED) is 0.146. The first-order valence-corrected chi connectivity index (χ1v) is 13.6. The normalized spacial score (nSPS) is 15.3. The molecule has 1 unspecified atom stereocenters. The van der Waals surface area contributed by atoms with Crippen LogP contribution in [0.15, 0.2) is 122 Å². The number of allylic oxidation sites excluding steroid dienone is 3. The lowest BCUT2D eigenvalue weighted by molar-refractivity contribution is -0.112. The molecule has 4 aromatic rings. The number of H-pyrrole nitrogens is 1. The Morgan fingerprint density at radius 1 is 0.925 bits per heavy atom. The molecule has 0 saturated carbocycles. The Bertz CT molecular complexity index is 1540. The molecule has 0 radical (unpaired) electrons. The summed E-state index contributed by atoms with van der Waals surface area (Å²) in [6.45, 7) is 9.52. The second kappa shape index (κ2) is 12.5. The summed E-state index contributed by atoms with van der Waals surface area (Å²) in [6.07, 6.45) is 9.73. The van der Waals surface area contributed by atoms with E-state index in [0.717, 1.165) is 42.8 Å². The van der Waals surface area contributed by atoms with Crippen molar-refractivity contribution in [1.82, 2.24) is 9.88 Å². The molecule has 1 atom stereocenters. The summed E-state index contributed by atoms with van der Waals surface area (Å²) in [5.41, 5.74) is 5.42. The average Bonchev–Trinajstić information content (AvgIpc) is 3.44. The van der Waals surface area contributed by atoms with Crippen molar-refractivity contribution in [2.24, 2.45) is 0 Å². The summed E-state index contributed by atoms with van der Waals surface area (Å²) in [7, 11) is 0. The van der Waals surface area contributed by atoms with Crippen LogP contribution in [-0.4, -0.2) is 47.8 Å². The monoisotopic (exact) mass is 530 g/mol. The van der Waals surface area contributed by atoms with Crippen LogP contribution in [0.4, 0.5) is 11.4 Å². The first-order valence-electron chi connectivity index (χ1n) is 13.6. The van der Waals surface area contributed by atoms with E-state index in [0.29, 0.717) is 11.3 Å². The van der Waals surface area contributed by atoms with E-state index in [9.17, 15) is 9.59 Å². The van der Waals surface area contributed by atoms with E-state index in [4.69, 9.17) is 0 Å². The van der Waals surface area contributed by atoms with Crippen molar-refractivity contribution in [3.05, 3.63) is 133 Å². The number of para-hydroxylation sites is 1. The van der Waals surface area contributed by atoms with Crippen LogP contribution >= 0.6 is 0 Å². The number of amides is 1. The second-order valence-corrected chi connectivity index (χ2v) is 9.80. The van der Waals surface area contributed by atoms with E-state index in [2.05, 4.69) is 76.1 Å². The average molecular weight is 531 g/mol. The molecule has 1 saturated heterocycles. The van der Waals surface area contributed by atoms with E-state index in [1.165, 1.54) is 11.1 Å². The fourth-order valence-corrected chi connectivity index (χ4v) is 5.34. The van der Waals surface area contributed by atoms with Crippen molar-refractivity contribution in [3.8, 4) is 0 Å². The SMILES string of the molecule is C=C/C=C\C(=C/C)C(c1ccccc1)N1CCN(c2ccc(NC(=O)C(=O)c3c[nH]c4ccccc34)cc2)CC1. The van der Waals surface area contributed by atoms with Crippen LogP contribution in [0.5, 0.6) is 0 Å². The molecule has 1 aromatic heterocycles. The predicted molar refractivity (Wildman–Crippen MR) is 164 cm³/mol. The summed E-state index contributed by atoms with van der Waals surface area (Å²) >= 11 is 0. The van der Waals surface area contributed by atoms with Gasteiger partial charge in [0.25, 0.3) is 11.7 Å². The topological polar surface area (TPSA) is 68.4 Å². The highest BCUT2D eigenvalue weighted by Gasteiger charge is 2.27. The number of hydrogen-bond donors (Lipinski definition) is 2. The van der Waals surface area contributed by atoms with Gasteiger partial charge in [0.2, 0.25) is 0 Å². The van der Waals surface area contributed by atoms with Gasteiger partial charge in [-0.15, -0.1) is 0 Å². The molecule has 2 heterocycles. The van der Waals surface area contributed by atoms with Crippen LogP contribution in [-0.2, 0) is 4.79 Å². The minimum absolute atomic E-state index is 0.178. The van der Waals surface area contributed by atoms with Crippen LogP contribution in [0.3, 0.4) is 0 Å². The third-order valence-electron chi connectivity index (χ3n) is 7.40.